The molecule has 3 heteroatoms. The molecule has 0 saturated carbocycles. The highest BCUT2D eigenvalue weighted by Gasteiger charge is 2.14. The number of rotatable bonds is 2. The van der Waals surface area contributed by atoms with Crippen LogP contribution in [0.2, 0.25) is 0 Å². The van der Waals surface area contributed by atoms with Crippen LogP contribution >= 0.6 is 0 Å². The molecule has 0 amide bonds. The minimum Gasteiger partial charge on any atom is -0.398 e. The van der Waals surface area contributed by atoms with Gasteiger partial charge in [0, 0.05) is 23.6 Å². The van der Waals surface area contributed by atoms with E-state index in [0.717, 1.165) is 16.7 Å². The standard InChI is InChI=1S/C14H16N2O/c1-9-5-10(2)7-11(6-9)14(17)12-8-16-4-3-13(12)15/h3-8,14,17H,1-2H3,(H2,15,16). The van der Waals surface area contributed by atoms with E-state index < -0.39 is 6.10 Å². The largest absolute Gasteiger partial charge is 0.398 e. The Morgan fingerprint density at radius 1 is 1.18 bits per heavy atom. The lowest BCUT2D eigenvalue weighted by Crippen LogP contribution is -2.05. The van der Waals surface area contributed by atoms with Crippen LogP contribution < -0.4 is 5.73 Å². The Labute approximate surface area is 101 Å². The molecule has 17 heavy (non-hydrogen) atoms. The van der Waals surface area contributed by atoms with E-state index in [-0.39, 0.29) is 0 Å². The predicted octanol–water partition coefficient (Wildman–Crippen LogP) is 2.36. The number of anilines is 1. The van der Waals surface area contributed by atoms with E-state index in [4.69, 9.17) is 5.73 Å². The zero-order valence-electron chi connectivity index (χ0n) is 10.0. The summed E-state index contributed by atoms with van der Waals surface area (Å²) >= 11 is 0. The fourth-order valence-electron chi connectivity index (χ4n) is 1.99. The normalized spacial score (nSPS) is 12.4. The maximum absolute atomic E-state index is 10.3. The molecule has 0 bridgehead atoms. The molecule has 3 nitrogen and oxygen atoms in total. The van der Waals surface area contributed by atoms with E-state index in [0.29, 0.717) is 11.3 Å². The van der Waals surface area contributed by atoms with Crippen LogP contribution in [0.5, 0.6) is 0 Å². The van der Waals surface area contributed by atoms with Crippen LogP contribution in [-0.4, -0.2) is 10.1 Å². The summed E-state index contributed by atoms with van der Waals surface area (Å²) in [7, 11) is 0. The first-order valence-electron chi connectivity index (χ1n) is 5.53. The van der Waals surface area contributed by atoms with E-state index in [2.05, 4.69) is 11.1 Å². The molecule has 0 saturated heterocycles. The van der Waals surface area contributed by atoms with E-state index in [1.807, 2.05) is 26.0 Å². The van der Waals surface area contributed by atoms with Gasteiger partial charge in [0.15, 0.2) is 0 Å². The van der Waals surface area contributed by atoms with Gasteiger partial charge in [-0.2, -0.15) is 0 Å². The Balaban J connectivity index is 2.43. The number of aliphatic hydroxyl groups excluding tert-OH is 1. The van der Waals surface area contributed by atoms with Gasteiger partial charge in [0.2, 0.25) is 0 Å². The van der Waals surface area contributed by atoms with Crippen molar-refractivity contribution < 1.29 is 5.11 Å². The summed E-state index contributed by atoms with van der Waals surface area (Å²) in [5.41, 5.74) is 10.1. The maximum Gasteiger partial charge on any atom is 0.108 e. The lowest BCUT2D eigenvalue weighted by molar-refractivity contribution is 0.220. The molecule has 0 fully saturated rings. The molecule has 1 aromatic carbocycles. The summed E-state index contributed by atoms with van der Waals surface area (Å²) in [6.07, 6.45) is 2.51. The van der Waals surface area contributed by atoms with Crippen LogP contribution in [0.4, 0.5) is 5.69 Å². The molecule has 3 N–H and O–H groups in total. The number of nitrogen functional groups attached to an aromatic ring is 1. The second-order valence-corrected chi connectivity index (χ2v) is 4.33. The van der Waals surface area contributed by atoms with E-state index in [1.54, 1.807) is 18.5 Å². The van der Waals surface area contributed by atoms with Crippen molar-refractivity contribution in [2.75, 3.05) is 5.73 Å². The van der Waals surface area contributed by atoms with Crippen LogP contribution in [0.25, 0.3) is 0 Å². The van der Waals surface area contributed by atoms with Crippen LogP contribution in [0.1, 0.15) is 28.4 Å². The van der Waals surface area contributed by atoms with Gasteiger partial charge >= 0.3 is 0 Å². The Hall–Kier alpha value is -1.87. The number of hydrogen-bond acceptors (Lipinski definition) is 3. The smallest absolute Gasteiger partial charge is 0.108 e. The molecule has 2 rings (SSSR count). The third-order valence-electron chi connectivity index (χ3n) is 2.74. The van der Waals surface area contributed by atoms with Crippen molar-refractivity contribution in [2.24, 2.45) is 0 Å². The number of nitrogens with zero attached hydrogens (tertiary/aromatic N) is 1. The highest BCUT2D eigenvalue weighted by molar-refractivity contribution is 5.49. The molecule has 0 aliphatic rings. The Bertz CT molecular complexity index is 517. The Kier molecular flexibility index (Phi) is 3.11. The molecule has 2 aromatic rings. The molecule has 88 valence electrons. The van der Waals surface area contributed by atoms with Crippen molar-refractivity contribution in [3.8, 4) is 0 Å². The van der Waals surface area contributed by atoms with Gasteiger partial charge in [-0.3, -0.25) is 4.98 Å². The summed E-state index contributed by atoms with van der Waals surface area (Å²) in [5, 5.41) is 10.3. The highest BCUT2D eigenvalue weighted by atomic mass is 16.3. The first-order chi connectivity index (χ1) is 8.08. The molecule has 0 aliphatic carbocycles. The summed E-state index contributed by atoms with van der Waals surface area (Å²) in [6, 6.07) is 7.69. The number of benzene rings is 1. The van der Waals surface area contributed by atoms with Crippen molar-refractivity contribution in [3.05, 3.63) is 58.9 Å². The predicted molar refractivity (Wildman–Crippen MR) is 68.6 cm³/mol. The monoisotopic (exact) mass is 228 g/mol. The number of aryl methyl sites for hydroxylation is 2. The molecular weight excluding hydrogens is 212 g/mol. The SMILES string of the molecule is Cc1cc(C)cc(C(O)c2cnccc2N)c1. The molecule has 0 radical (unpaired) electrons. The lowest BCUT2D eigenvalue weighted by atomic mass is 9.98. The molecule has 1 aromatic heterocycles. The number of aromatic nitrogens is 1. The highest BCUT2D eigenvalue weighted by Crippen LogP contribution is 2.26. The van der Waals surface area contributed by atoms with E-state index >= 15 is 0 Å². The number of nitrogens with two attached hydrogens (primary N) is 1. The van der Waals surface area contributed by atoms with Gasteiger partial charge in [-0.25, -0.2) is 0 Å². The average molecular weight is 228 g/mol. The van der Waals surface area contributed by atoms with Crippen molar-refractivity contribution in [1.82, 2.24) is 4.98 Å². The van der Waals surface area contributed by atoms with Crippen molar-refractivity contribution in [3.63, 3.8) is 0 Å². The topological polar surface area (TPSA) is 59.1 Å². The van der Waals surface area contributed by atoms with Gasteiger partial charge in [0.1, 0.15) is 6.10 Å². The lowest BCUT2D eigenvalue weighted by Gasteiger charge is -2.14. The van der Waals surface area contributed by atoms with Gasteiger partial charge in [-0.1, -0.05) is 29.3 Å². The molecule has 0 spiro atoms. The van der Waals surface area contributed by atoms with Crippen LogP contribution in [-0.2, 0) is 0 Å². The van der Waals surface area contributed by atoms with Gasteiger partial charge in [0.25, 0.3) is 0 Å². The van der Waals surface area contributed by atoms with Gasteiger partial charge in [0.05, 0.1) is 0 Å². The molecular formula is C14H16N2O. The van der Waals surface area contributed by atoms with Crippen LogP contribution in [0.3, 0.4) is 0 Å². The summed E-state index contributed by atoms with van der Waals surface area (Å²) in [6.45, 7) is 4.02. The number of hydrogen-bond donors (Lipinski definition) is 2. The first-order valence-corrected chi connectivity index (χ1v) is 5.53. The van der Waals surface area contributed by atoms with Crippen molar-refractivity contribution >= 4 is 5.69 Å². The Morgan fingerprint density at radius 2 is 1.82 bits per heavy atom. The van der Waals surface area contributed by atoms with Gasteiger partial charge in [-0.15, -0.1) is 0 Å². The first kappa shape index (κ1) is 11.6. The summed E-state index contributed by atoms with van der Waals surface area (Å²) in [4.78, 5) is 4.00. The van der Waals surface area contributed by atoms with Gasteiger partial charge < -0.3 is 10.8 Å². The molecule has 0 aliphatic heterocycles. The summed E-state index contributed by atoms with van der Waals surface area (Å²) in [5.74, 6) is 0. The van der Waals surface area contributed by atoms with E-state index in [1.165, 1.54) is 0 Å². The minimum atomic E-state index is -0.720. The number of pyridine rings is 1. The second kappa shape index (κ2) is 4.55. The van der Waals surface area contributed by atoms with Crippen molar-refractivity contribution in [1.29, 1.82) is 0 Å². The number of aliphatic hydroxyl groups is 1. The molecule has 1 atom stereocenters. The third kappa shape index (κ3) is 2.45. The fourth-order valence-corrected chi connectivity index (χ4v) is 1.99. The summed E-state index contributed by atoms with van der Waals surface area (Å²) < 4.78 is 0. The van der Waals surface area contributed by atoms with E-state index in [9.17, 15) is 5.11 Å². The second-order valence-electron chi connectivity index (χ2n) is 4.33. The quantitative estimate of drug-likeness (QED) is 0.829. The van der Waals surface area contributed by atoms with Crippen molar-refractivity contribution in [2.45, 2.75) is 20.0 Å². The van der Waals surface area contributed by atoms with Gasteiger partial charge in [-0.05, 0) is 25.5 Å². The molecule has 1 unspecified atom stereocenters. The zero-order valence-corrected chi connectivity index (χ0v) is 10.0. The Morgan fingerprint density at radius 3 is 2.41 bits per heavy atom. The maximum atomic E-state index is 10.3. The van der Waals surface area contributed by atoms with Crippen LogP contribution in [0.15, 0.2) is 36.7 Å². The molecule has 1 heterocycles. The zero-order chi connectivity index (χ0) is 12.4. The fraction of sp³-hybridized carbons (Fsp3) is 0.214. The average Bonchev–Trinajstić information content (AvgIpc) is 2.27. The van der Waals surface area contributed by atoms with Crippen LogP contribution in [0, 0.1) is 13.8 Å². The third-order valence-corrected chi connectivity index (χ3v) is 2.74. The minimum absolute atomic E-state index is 0.562.